The maximum atomic E-state index is 12.8. The lowest BCUT2D eigenvalue weighted by Gasteiger charge is -2.26. The van der Waals surface area contributed by atoms with Crippen molar-refractivity contribution in [3.8, 4) is 11.5 Å². The Bertz CT molecular complexity index is 1160. The Morgan fingerprint density at radius 3 is 2.79 bits per heavy atom. The van der Waals surface area contributed by atoms with Crippen LogP contribution in [-0.4, -0.2) is 33.0 Å². The maximum absolute atomic E-state index is 12.8. The number of aromatic nitrogens is 3. The first-order chi connectivity index (χ1) is 16.0. The van der Waals surface area contributed by atoms with Gasteiger partial charge in [0.2, 0.25) is 5.91 Å². The van der Waals surface area contributed by atoms with Crippen molar-refractivity contribution in [3.63, 3.8) is 0 Å². The van der Waals surface area contributed by atoms with Crippen LogP contribution in [-0.2, 0) is 11.3 Å². The molecule has 1 aliphatic heterocycles. The van der Waals surface area contributed by atoms with Crippen LogP contribution < -0.4 is 14.8 Å². The van der Waals surface area contributed by atoms with Crippen molar-refractivity contribution in [1.82, 2.24) is 14.8 Å². The van der Waals surface area contributed by atoms with Crippen LogP contribution in [0.1, 0.15) is 42.8 Å². The number of benzene rings is 2. The average Bonchev–Trinajstić information content (AvgIpc) is 3.21. The van der Waals surface area contributed by atoms with Crippen molar-refractivity contribution >= 4 is 23.4 Å². The number of hydrogen-bond donors (Lipinski definition) is 1. The molecule has 0 saturated heterocycles. The molecule has 2 heterocycles. The molecule has 0 spiro atoms. The second kappa shape index (κ2) is 10.1. The largest absolute Gasteiger partial charge is 0.485 e. The van der Waals surface area contributed by atoms with E-state index in [1.807, 2.05) is 47.9 Å². The Hall–Kier alpha value is -3.26. The number of ether oxygens (including phenoxy) is 2. The van der Waals surface area contributed by atoms with E-state index in [2.05, 4.69) is 42.0 Å². The van der Waals surface area contributed by atoms with E-state index < -0.39 is 6.10 Å². The van der Waals surface area contributed by atoms with Gasteiger partial charge in [0, 0.05) is 12.2 Å². The van der Waals surface area contributed by atoms with Crippen molar-refractivity contribution in [2.75, 3.05) is 17.7 Å². The predicted octanol–water partition coefficient (Wildman–Crippen LogP) is 5.14. The number of amides is 1. The predicted molar refractivity (Wildman–Crippen MR) is 130 cm³/mol. The molecule has 1 N–H and O–H groups in total. The van der Waals surface area contributed by atoms with E-state index in [0.717, 1.165) is 16.8 Å². The van der Waals surface area contributed by atoms with Gasteiger partial charge in [0.25, 0.3) is 0 Å². The highest BCUT2D eigenvalue weighted by molar-refractivity contribution is 7.99. The summed E-state index contributed by atoms with van der Waals surface area (Å²) in [7, 11) is 0. The van der Waals surface area contributed by atoms with Crippen molar-refractivity contribution in [2.45, 2.75) is 44.5 Å². The Balaban J connectivity index is 1.47. The first-order valence-corrected chi connectivity index (χ1v) is 11.9. The second-order valence-electron chi connectivity index (χ2n) is 8.13. The monoisotopic (exact) mass is 464 g/mol. The van der Waals surface area contributed by atoms with Gasteiger partial charge >= 0.3 is 0 Å². The summed E-state index contributed by atoms with van der Waals surface area (Å²) in [6, 6.07) is 13.6. The SMILES string of the molecule is C=CCn1c(SCC(=O)Nc2c(C)cccc2C(C)C)nnc1C1COc2ccccc2O1. The molecule has 1 aromatic heterocycles. The van der Waals surface area contributed by atoms with Gasteiger partial charge in [-0.05, 0) is 36.1 Å². The van der Waals surface area contributed by atoms with Crippen LogP contribution in [0.25, 0.3) is 0 Å². The number of rotatable bonds is 8. The lowest BCUT2D eigenvalue weighted by molar-refractivity contribution is -0.113. The number of aryl methyl sites for hydroxylation is 1. The summed E-state index contributed by atoms with van der Waals surface area (Å²) in [6.45, 7) is 10.9. The minimum absolute atomic E-state index is 0.0860. The van der Waals surface area contributed by atoms with Gasteiger partial charge in [-0.25, -0.2) is 0 Å². The minimum Gasteiger partial charge on any atom is -0.485 e. The minimum atomic E-state index is -0.393. The summed E-state index contributed by atoms with van der Waals surface area (Å²) in [4.78, 5) is 12.8. The van der Waals surface area contributed by atoms with E-state index in [0.29, 0.717) is 41.5 Å². The molecule has 7 nitrogen and oxygen atoms in total. The summed E-state index contributed by atoms with van der Waals surface area (Å²) in [6.07, 6.45) is 1.38. The number of fused-ring (bicyclic) bond motifs is 1. The van der Waals surface area contributed by atoms with Crippen LogP contribution in [0.4, 0.5) is 5.69 Å². The van der Waals surface area contributed by atoms with Crippen LogP contribution in [0, 0.1) is 6.92 Å². The normalized spacial score (nSPS) is 14.8. The fraction of sp³-hybridized carbons (Fsp3) is 0.320. The molecule has 0 radical (unpaired) electrons. The molecule has 33 heavy (non-hydrogen) atoms. The molecule has 1 atom stereocenters. The third-order valence-corrected chi connectivity index (χ3v) is 6.34. The molecule has 0 bridgehead atoms. The van der Waals surface area contributed by atoms with Crippen LogP contribution in [0.2, 0.25) is 0 Å². The van der Waals surface area contributed by atoms with Crippen LogP contribution in [0.15, 0.2) is 60.3 Å². The zero-order valence-corrected chi connectivity index (χ0v) is 19.9. The van der Waals surface area contributed by atoms with Gasteiger partial charge in [-0.2, -0.15) is 0 Å². The standard InChI is InChI=1S/C25H28N4O3S/c1-5-13-29-24(21-14-31-19-11-6-7-12-20(19)32-21)27-28-25(29)33-15-22(30)26-23-17(4)9-8-10-18(23)16(2)3/h5-12,16,21H,1,13-15H2,2-4H3,(H,26,30). The van der Waals surface area contributed by atoms with Crippen molar-refractivity contribution < 1.29 is 14.3 Å². The lowest BCUT2D eigenvalue weighted by Crippen LogP contribution is -2.25. The summed E-state index contributed by atoms with van der Waals surface area (Å²) in [5.41, 5.74) is 3.06. The van der Waals surface area contributed by atoms with Gasteiger partial charge in [-0.15, -0.1) is 16.8 Å². The first kappa shape index (κ1) is 22.9. The number of nitrogens with zero attached hydrogens (tertiary/aromatic N) is 3. The highest BCUT2D eigenvalue weighted by Gasteiger charge is 2.28. The molecule has 1 amide bonds. The van der Waals surface area contributed by atoms with Crippen molar-refractivity contribution in [1.29, 1.82) is 0 Å². The molecule has 1 unspecified atom stereocenters. The number of anilines is 1. The zero-order valence-electron chi connectivity index (χ0n) is 19.1. The summed E-state index contributed by atoms with van der Waals surface area (Å²) >= 11 is 1.34. The van der Waals surface area contributed by atoms with Crippen molar-refractivity contribution in [3.05, 3.63) is 72.1 Å². The fourth-order valence-corrected chi connectivity index (χ4v) is 4.50. The zero-order chi connectivity index (χ0) is 23.4. The van der Waals surface area contributed by atoms with E-state index in [4.69, 9.17) is 9.47 Å². The van der Waals surface area contributed by atoms with E-state index in [9.17, 15) is 4.79 Å². The number of thioether (sulfide) groups is 1. The smallest absolute Gasteiger partial charge is 0.234 e. The Morgan fingerprint density at radius 2 is 2.03 bits per heavy atom. The molecule has 0 aliphatic carbocycles. The number of para-hydroxylation sites is 3. The summed E-state index contributed by atoms with van der Waals surface area (Å²) in [5, 5.41) is 12.4. The molecule has 2 aromatic carbocycles. The third kappa shape index (κ3) is 5.06. The highest BCUT2D eigenvalue weighted by Crippen LogP contribution is 2.36. The van der Waals surface area contributed by atoms with Gasteiger partial charge in [0.1, 0.15) is 6.61 Å². The van der Waals surface area contributed by atoms with Gasteiger partial charge in [0.15, 0.2) is 28.6 Å². The van der Waals surface area contributed by atoms with E-state index in [1.54, 1.807) is 6.08 Å². The molecule has 0 fully saturated rings. The number of carbonyl (C=O) groups excluding carboxylic acids is 1. The summed E-state index contributed by atoms with van der Waals surface area (Å²) < 4.78 is 13.9. The maximum Gasteiger partial charge on any atom is 0.234 e. The number of hydrogen-bond acceptors (Lipinski definition) is 6. The van der Waals surface area contributed by atoms with Gasteiger partial charge in [-0.3, -0.25) is 9.36 Å². The van der Waals surface area contributed by atoms with Crippen LogP contribution >= 0.6 is 11.8 Å². The molecule has 4 rings (SSSR count). The third-order valence-electron chi connectivity index (χ3n) is 5.38. The Morgan fingerprint density at radius 1 is 1.24 bits per heavy atom. The molecule has 1 aliphatic rings. The quantitative estimate of drug-likeness (QED) is 0.367. The Labute approximate surface area is 198 Å². The van der Waals surface area contributed by atoms with Crippen LogP contribution in [0.3, 0.4) is 0 Å². The average molecular weight is 465 g/mol. The first-order valence-electron chi connectivity index (χ1n) is 10.9. The fourth-order valence-electron chi connectivity index (χ4n) is 3.74. The van der Waals surface area contributed by atoms with Gasteiger partial charge < -0.3 is 14.8 Å². The molecular weight excluding hydrogens is 436 g/mol. The molecule has 0 saturated carbocycles. The highest BCUT2D eigenvalue weighted by atomic mass is 32.2. The second-order valence-corrected chi connectivity index (χ2v) is 9.08. The van der Waals surface area contributed by atoms with E-state index in [1.165, 1.54) is 11.8 Å². The lowest BCUT2D eigenvalue weighted by atomic mass is 9.98. The van der Waals surface area contributed by atoms with E-state index in [-0.39, 0.29) is 11.7 Å². The Kier molecular flexibility index (Phi) is 7.03. The van der Waals surface area contributed by atoms with Gasteiger partial charge in [0.05, 0.1) is 5.75 Å². The molecule has 8 heteroatoms. The topological polar surface area (TPSA) is 78.3 Å². The van der Waals surface area contributed by atoms with Crippen molar-refractivity contribution in [2.24, 2.45) is 0 Å². The summed E-state index contributed by atoms with van der Waals surface area (Å²) in [5.74, 6) is 2.48. The molecule has 172 valence electrons. The van der Waals surface area contributed by atoms with E-state index >= 15 is 0 Å². The van der Waals surface area contributed by atoms with Gasteiger partial charge in [-0.1, -0.05) is 62.0 Å². The number of allylic oxidation sites excluding steroid dienone is 1. The number of carbonyl (C=O) groups is 1. The molecule has 3 aromatic rings. The van der Waals surface area contributed by atoms with Crippen LogP contribution in [0.5, 0.6) is 11.5 Å². The molecular formula is C25H28N4O3S. The number of nitrogens with one attached hydrogen (secondary N) is 1.